The number of benzene rings is 4. The Labute approximate surface area is 301 Å². The first-order valence-corrected chi connectivity index (χ1v) is 18.3. The predicted octanol–water partition coefficient (Wildman–Crippen LogP) is 7.65. The lowest BCUT2D eigenvalue weighted by Gasteiger charge is -2.43. The molecule has 0 bridgehead atoms. The summed E-state index contributed by atoms with van der Waals surface area (Å²) in [6.07, 6.45) is 1.25. The van der Waals surface area contributed by atoms with Gasteiger partial charge in [-0.1, -0.05) is 115 Å². The average molecular weight is 692 g/mol. The molecule has 0 radical (unpaired) electrons. The number of hydrogen-bond acceptors (Lipinski definition) is 5. The van der Waals surface area contributed by atoms with Crippen LogP contribution in [0.3, 0.4) is 0 Å². The van der Waals surface area contributed by atoms with Gasteiger partial charge >= 0.3 is 6.09 Å². The summed E-state index contributed by atoms with van der Waals surface area (Å²) >= 11 is 1.63. The van der Waals surface area contributed by atoms with Crippen LogP contribution < -0.4 is 10.6 Å². The van der Waals surface area contributed by atoms with Gasteiger partial charge in [0.05, 0.1) is 4.75 Å². The molecule has 0 aliphatic carbocycles. The monoisotopic (exact) mass is 691 g/mol. The van der Waals surface area contributed by atoms with Crippen molar-refractivity contribution in [3.8, 4) is 0 Å². The maximum absolute atomic E-state index is 14.5. The highest BCUT2D eigenvalue weighted by atomic mass is 32.2. The molecule has 0 unspecified atom stereocenters. The molecule has 2 N–H and O–H groups in total. The fourth-order valence-corrected chi connectivity index (χ4v) is 8.42. The van der Waals surface area contributed by atoms with Crippen molar-refractivity contribution in [3.63, 3.8) is 0 Å². The zero-order valence-electron chi connectivity index (χ0n) is 29.8. The zero-order valence-corrected chi connectivity index (χ0v) is 30.6. The molecule has 5 rings (SSSR count). The van der Waals surface area contributed by atoms with Crippen LogP contribution in [0.25, 0.3) is 0 Å². The summed E-state index contributed by atoms with van der Waals surface area (Å²) in [4.78, 5) is 42.1. The fraction of sp³-hybridized carbons (Fsp3) is 0.357. The third kappa shape index (κ3) is 8.96. The molecule has 1 heterocycles. The van der Waals surface area contributed by atoms with E-state index in [0.29, 0.717) is 32.4 Å². The minimum absolute atomic E-state index is 0.0849. The Kier molecular flexibility index (Phi) is 11.7. The highest BCUT2D eigenvalue weighted by Gasteiger charge is 2.42. The number of carbonyl (C=O) groups excluding carboxylic acids is 3. The van der Waals surface area contributed by atoms with E-state index in [-0.39, 0.29) is 17.6 Å². The molecular weight excluding hydrogens is 643 g/mol. The molecule has 7 nitrogen and oxygen atoms in total. The Balaban J connectivity index is 1.46. The SMILES string of the molecule is CC(=O)NC1(Cc2ccccc2C)CCN(C(=O)[C@H](CSC(c2ccccc2)(c2ccccc2)c2ccccc2)NC(=O)OC(C)(C)C)CC1. The maximum Gasteiger partial charge on any atom is 0.408 e. The number of hydrogen-bond donors (Lipinski definition) is 2. The summed E-state index contributed by atoms with van der Waals surface area (Å²) in [5, 5.41) is 6.20. The number of nitrogens with one attached hydrogen (secondary N) is 2. The van der Waals surface area contributed by atoms with E-state index in [9.17, 15) is 14.4 Å². The van der Waals surface area contributed by atoms with E-state index in [1.54, 1.807) is 18.7 Å². The molecule has 0 saturated carbocycles. The smallest absolute Gasteiger partial charge is 0.408 e. The van der Waals surface area contributed by atoms with Crippen molar-refractivity contribution in [1.29, 1.82) is 0 Å². The van der Waals surface area contributed by atoms with Gasteiger partial charge < -0.3 is 20.3 Å². The third-order valence-corrected chi connectivity index (χ3v) is 10.9. The first-order chi connectivity index (χ1) is 23.9. The van der Waals surface area contributed by atoms with Crippen LogP contribution >= 0.6 is 11.8 Å². The normalized spacial score (nSPS) is 15.1. The van der Waals surface area contributed by atoms with Crippen molar-refractivity contribution < 1.29 is 19.1 Å². The van der Waals surface area contributed by atoms with Crippen LogP contribution in [0, 0.1) is 6.92 Å². The zero-order chi connectivity index (χ0) is 35.8. The molecule has 1 aliphatic rings. The molecule has 0 spiro atoms. The Hall–Kier alpha value is -4.56. The van der Waals surface area contributed by atoms with E-state index in [1.807, 2.05) is 92.4 Å². The predicted molar refractivity (Wildman–Crippen MR) is 202 cm³/mol. The molecule has 1 saturated heterocycles. The second kappa shape index (κ2) is 16.0. The molecule has 0 aromatic heterocycles. The summed E-state index contributed by atoms with van der Waals surface area (Å²) in [7, 11) is 0. The van der Waals surface area contributed by atoms with Gasteiger partial charge in [-0.25, -0.2) is 4.79 Å². The van der Waals surface area contributed by atoms with Crippen molar-refractivity contribution in [2.75, 3.05) is 18.8 Å². The number of alkyl carbamates (subject to hydrolysis) is 1. The Morgan fingerprint density at radius 1 is 0.780 bits per heavy atom. The molecule has 4 aromatic carbocycles. The van der Waals surface area contributed by atoms with Crippen LogP contribution in [-0.2, 0) is 25.5 Å². The van der Waals surface area contributed by atoms with Gasteiger partial charge in [0.2, 0.25) is 11.8 Å². The maximum atomic E-state index is 14.5. The molecule has 50 heavy (non-hydrogen) atoms. The van der Waals surface area contributed by atoms with Crippen LogP contribution in [0.4, 0.5) is 4.79 Å². The average Bonchev–Trinajstić information content (AvgIpc) is 3.09. The van der Waals surface area contributed by atoms with E-state index < -0.39 is 28.0 Å². The second-order valence-corrected chi connectivity index (χ2v) is 15.4. The van der Waals surface area contributed by atoms with Gasteiger partial charge in [0.15, 0.2) is 0 Å². The fourth-order valence-electron chi connectivity index (χ4n) is 6.87. The highest BCUT2D eigenvalue weighted by Crippen LogP contribution is 2.48. The largest absolute Gasteiger partial charge is 0.444 e. The quantitative estimate of drug-likeness (QED) is 0.158. The number of piperidine rings is 1. The van der Waals surface area contributed by atoms with E-state index in [2.05, 4.69) is 66.1 Å². The first kappa shape index (κ1) is 36.7. The summed E-state index contributed by atoms with van der Waals surface area (Å²) in [6.45, 7) is 9.96. The standard InChI is InChI=1S/C42H49N3O4S/c1-31-17-15-16-18-33(31)29-41(44-32(2)46)25-27-45(28-26-41)38(47)37(43-39(48)49-40(3,4)5)30-50-42(34-19-9-6-10-20-34,35-21-11-7-12-22-35)36-23-13-8-14-24-36/h6-24,37H,25-30H2,1-5H3,(H,43,48)(H,44,46)/t37-/m0/s1. The summed E-state index contributed by atoms with van der Waals surface area (Å²) in [6, 6.07) is 38.3. The van der Waals surface area contributed by atoms with Gasteiger partial charge in [-0.2, -0.15) is 0 Å². The van der Waals surface area contributed by atoms with Crippen molar-refractivity contribution in [3.05, 3.63) is 143 Å². The highest BCUT2D eigenvalue weighted by molar-refractivity contribution is 8.00. The topological polar surface area (TPSA) is 87.7 Å². The van der Waals surface area contributed by atoms with Gasteiger partial charge in [0, 0.05) is 31.3 Å². The van der Waals surface area contributed by atoms with Crippen molar-refractivity contribution in [2.24, 2.45) is 0 Å². The molecule has 1 atom stereocenters. The van der Waals surface area contributed by atoms with E-state index in [4.69, 9.17) is 4.74 Å². The number of aryl methyl sites for hydroxylation is 1. The summed E-state index contributed by atoms with van der Waals surface area (Å²) in [5.74, 6) is 0.0323. The van der Waals surface area contributed by atoms with Crippen LogP contribution in [-0.4, -0.2) is 58.8 Å². The van der Waals surface area contributed by atoms with E-state index >= 15 is 0 Å². The van der Waals surface area contributed by atoms with Crippen molar-refractivity contribution in [1.82, 2.24) is 15.5 Å². The van der Waals surface area contributed by atoms with Gasteiger partial charge in [-0.05, 0) is 74.8 Å². The number of rotatable bonds is 11. The van der Waals surface area contributed by atoms with E-state index in [0.717, 1.165) is 16.7 Å². The lowest BCUT2D eigenvalue weighted by molar-refractivity contribution is -0.135. The van der Waals surface area contributed by atoms with Crippen molar-refractivity contribution in [2.45, 2.75) is 75.8 Å². The second-order valence-electron chi connectivity index (χ2n) is 14.2. The molecular formula is C42H49N3O4S. The minimum atomic E-state index is -0.866. The van der Waals surface area contributed by atoms with Crippen molar-refractivity contribution >= 4 is 29.7 Å². The van der Waals surface area contributed by atoms with Crippen LogP contribution in [0.5, 0.6) is 0 Å². The van der Waals surface area contributed by atoms with Gasteiger partial charge in [-0.15, -0.1) is 11.8 Å². The van der Waals surface area contributed by atoms with E-state index in [1.165, 1.54) is 11.1 Å². The number of carbonyl (C=O) groups is 3. The number of thioether (sulfide) groups is 1. The number of ether oxygens (including phenoxy) is 1. The molecule has 262 valence electrons. The summed E-state index contributed by atoms with van der Waals surface area (Å²) < 4.78 is 5.00. The van der Waals surface area contributed by atoms with Crippen LogP contribution in [0.1, 0.15) is 68.4 Å². The van der Waals surface area contributed by atoms with Crippen LogP contribution in [0.2, 0.25) is 0 Å². The number of nitrogens with zero attached hydrogens (tertiary/aromatic N) is 1. The molecule has 1 aliphatic heterocycles. The van der Waals surface area contributed by atoms with Gasteiger partial charge in [-0.3, -0.25) is 9.59 Å². The molecule has 4 aromatic rings. The van der Waals surface area contributed by atoms with Gasteiger partial charge in [0.1, 0.15) is 11.6 Å². The lowest BCUT2D eigenvalue weighted by Crippen LogP contribution is -2.59. The van der Waals surface area contributed by atoms with Gasteiger partial charge in [0.25, 0.3) is 0 Å². The first-order valence-electron chi connectivity index (χ1n) is 17.3. The molecule has 1 fully saturated rings. The molecule has 3 amide bonds. The minimum Gasteiger partial charge on any atom is -0.444 e. The third-order valence-electron chi connectivity index (χ3n) is 9.26. The molecule has 8 heteroatoms. The van der Waals surface area contributed by atoms with Crippen LogP contribution in [0.15, 0.2) is 115 Å². The summed E-state index contributed by atoms with van der Waals surface area (Å²) in [5.41, 5.74) is 4.36. The Morgan fingerprint density at radius 2 is 1.26 bits per heavy atom. The number of likely N-dealkylation sites (tertiary alicyclic amines) is 1. The Morgan fingerprint density at radius 3 is 1.72 bits per heavy atom. The lowest BCUT2D eigenvalue weighted by atomic mass is 9.80. The number of amides is 3. The Bertz CT molecular complexity index is 1640.